The van der Waals surface area contributed by atoms with E-state index in [0.29, 0.717) is 6.04 Å². The van der Waals surface area contributed by atoms with Crippen molar-refractivity contribution in [3.05, 3.63) is 29.8 Å². The minimum absolute atomic E-state index is 0.179. The van der Waals surface area contributed by atoms with Crippen LogP contribution in [0.2, 0.25) is 0 Å². The second kappa shape index (κ2) is 5.96. The zero-order valence-electron chi connectivity index (χ0n) is 12.7. The lowest BCUT2D eigenvalue weighted by Gasteiger charge is -2.20. The summed E-state index contributed by atoms with van der Waals surface area (Å²) < 4.78 is 5.83. The molecule has 0 aliphatic heterocycles. The number of nitrogens with one attached hydrogen (secondary N) is 1. The maximum atomic E-state index is 5.83. The molecule has 1 aromatic carbocycles. The van der Waals surface area contributed by atoms with E-state index in [2.05, 4.69) is 51.2 Å². The molecule has 0 spiro atoms. The largest absolute Gasteiger partial charge is 0.492 e. The molecular formula is C17H27NO. The van der Waals surface area contributed by atoms with Crippen LogP contribution in [0.5, 0.6) is 5.75 Å². The van der Waals surface area contributed by atoms with Gasteiger partial charge in [-0.15, -0.1) is 0 Å². The van der Waals surface area contributed by atoms with Crippen LogP contribution >= 0.6 is 0 Å². The van der Waals surface area contributed by atoms with Crippen molar-refractivity contribution in [2.24, 2.45) is 5.92 Å². The summed E-state index contributed by atoms with van der Waals surface area (Å²) in [5, 5.41) is 3.53. The van der Waals surface area contributed by atoms with Crippen LogP contribution in [-0.4, -0.2) is 19.2 Å². The SMILES string of the molecule is CC(NCCOc1cccc(C(C)(C)C)c1)C1CC1. The molecule has 0 bridgehead atoms. The molecule has 2 nitrogen and oxygen atoms in total. The first-order valence-corrected chi connectivity index (χ1v) is 7.43. The van der Waals surface area contributed by atoms with Crippen LogP contribution < -0.4 is 10.1 Å². The van der Waals surface area contributed by atoms with Crippen molar-refractivity contribution in [2.45, 2.75) is 52.0 Å². The van der Waals surface area contributed by atoms with Gasteiger partial charge in [0.15, 0.2) is 0 Å². The van der Waals surface area contributed by atoms with Crippen molar-refractivity contribution in [1.29, 1.82) is 0 Å². The van der Waals surface area contributed by atoms with E-state index in [9.17, 15) is 0 Å². The Balaban J connectivity index is 1.76. The molecule has 1 fully saturated rings. The first-order chi connectivity index (χ1) is 8.97. The molecule has 1 saturated carbocycles. The van der Waals surface area contributed by atoms with Crippen molar-refractivity contribution in [3.8, 4) is 5.75 Å². The zero-order chi connectivity index (χ0) is 13.9. The summed E-state index contributed by atoms with van der Waals surface area (Å²) in [5.74, 6) is 1.89. The third kappa shape index (κ3) is 4.54. The second-order valence-corrected chi connectivity index (χ2v) is 6.71. The van der Waals surface area contributed by atoms with Gasteiger partial charge in [-0.3, -0.25) is 0 Å². The van der Waals surface area contributed by atoms with E-state index in [1.165, 1.54) is 18.4 Å². The first-order valence-electron chi connectivity index (χ1n) is 7.43. The van der Waals surface area contributed by atoms with Gasteiger partial charge >= 0.3 is 0 Å². The molecule has 1 N–H and O–H groups in total. The lowest BCUT2D eigenvalue weighted by molar-refractivity contribution is 0.302. The Labute approximate surface area is 117 Å². The highest BCUT2D eigenvalue weighted by Gasteiger charge is 2.27. The molecule has 2 rings (SSSR count). The van der Waals surface area contributed by atoms with E-state index >= 15 is 0 Å². The smallest absolute Gasteiger partial charge is 0.119 e. The number of hydrogen-bond donors (Lipinski definition) is 1. The topological polar surface area (TPSA) is 21.3 Å². The van der Waals surface area contributed by atoms with E-state index in [1.807, 2.05) is 6.07 Å². The van der Waals surface area contributed by atoms with Crippen molar-refractivity contribution in [3.63, 3.8) is 0 Å². The number of benzene rings is 1. The minimum Gasteiger partial charge on any atom is -0.492 e. The fourth-order valence-electron chi connectivity index (χ4n) is 2.27. The standard InChI is InChI=1S/C17H27NO/c1-13(14-8-9-14)18-10-11-19-16-7-5-6-15(12-16)17(2,3)4/h5-7,12-14,18H,8-11H2,1-4H3. The molecule has 0 aromatic heterocycles. The molecule has 1 unspecified atom stereocenters. The Morgan fingerprint density at radius 3 is 2.68 bits per heavy atom. The highest BCUT2D eigenvalue weighted by molar-refractivity contribution is 5.32. The second-order valence-electron chi connectivity index (χ2n) is 6.71. The molecular weight excluding hydrogens is 234 g/mol. The fraction of sp³-hybridized carbons (Fsp3) is 0.647. The average molecular weight is 261 g/mol. The van der Waals surface area contributed by atoms with Gasteiger partial charge in [0.05, 0.1) is 0 Å². The molecule has 1 aliphatic carbocycles. The third-order valence-corrected chi connectivity index (χ3v) is 3.87. The van der Waals surface area contributed by atoms with Gasteiger partial charge in [0, 0.05) is 12.6 Å². The van der Waals surface area contributed by atoms with Gasteiger partial charge in [-0.25, -0.2) is 0 Å². The van der Waals surface area contributed by atoms with Crippen LogP contribution in [0.3, 0.4) is 0 Å². The van der Waals surface area contributed by atoms with Crippen LogP contribution in [0.1, 0.15) is 46.1 Å². The van der Waals surface area contributed by atoms with Crippen LogP contribution in [0.25, 0.3) is 0 Å². The van der Waals surface area contributed by atoms with Gasteiger partial charge in [-0.1, -0.05) is 32.9 Å². The van der Waals surface area contributed by atoms with Gasteiger partial charge in [0.1, 0.15) is 12.4 Å². The first kappa shape index (κ1) is 14.4. The summed E-state index contributed by atoms with van der Waals surface area (Å²) in [5.41, 5.74) is 1.50. The average Bonchev–Trinajstić information content (AvgIpc) is 3.18. The third-order valence-electron chi connectivity index (χ3n) is 3.87. The zero-order valence-corrected chi connectivity index (χ0v) is 12.7. The van der Waals surface area contributed by atoms with Crippen LogP contribution in [-0.2, 0) is 5.41 Å². The Bertz CT molecular complexity index is 404. The monoisotopic (exact) mass is 261 g/mol. The van der Waals surface area contributed by atoms with Gasteiger partial charge in [0.2, 0.25) is 0 Å². The van der Waals surface area contributed by atoms with E-state index in [1.54, 1.807) is 0 Å². The molecule has 1 aliphatic rings. The van der Waals surface area contributed by atoms with E-state index < -0.39 is 0 Å². The quantitative estimate of drug-likeness (QED) is 0.787. The number of ether oxygens (including phenoxy) is 1. The predicted octanol–water partition coefficient (Wildman–Crippen LogP) is 3.75. The number of hydrogen-bond acceptors (Lipinski definition) is 2. The van der Waals surface area contributed by atoms with Crippen LogP contribution in [0.15, 0.2) is 24.3 Å². The summed E-state index contributed by atoms with van der Waals surface area (Å²) in [6, 6.07) is 9.09. The molecule has 0 heterocycles. The van der Waals surface area contributed by atoms with Crippen LogP contribution in [0.4, 0.5) is 0 Å². The normalized spacial score (nSPS) is 17.3. The highest BCUT2D eigenvalue weighted by Crippen LogP contribution is 2.32. The molecule has 1 atom stereocenters. The van der Waals surface area contributed by atoms with Crippen molar-refractivity contribution in [1.82, 2.24) is 5.32 Å². The predicted molar refractivity (Wildman–Crippen MR) is 80.8 cm³/mol. The molecule has 0 saturated heterocycles. The molecule has 0 radical (unpaired) electrons. The molecule has 0 amide bonds. The summed E-state index contributed by atoms with van der Waals surface area (Å²) >= 11 is 0. The lowest BCUT2D eigenvalue weighted by Crippen LogP contribution is -2.31. The molecule has 2 heteroatoms. The van der Waals surface area contributed by atoms with E-state index in [4.69, 9.17) is 4.74 Å². The fourth-order valence-corrected chi connectivity index (χ4v) is 2.27. The Kier molecular flexibility index (Phi) is 4.51. The van der Waals surface area contributed by atoms with Gasteiger partial charge in [-0.05, 0) is 48.8 Å². The summed E-state index contributed by atoms with van der Waals surface area (Å²) in [7, 11) is 0. The Morgan fingerprint density at radius 2 is 2.05 bits per heavy atom. The Hall–Kier alpha value is -1.02. The maximum Gasteiger partial charge on any atom is 0.119 e. The maximum absolute atomic E-state index is 5.83. The van der Waals surface area contributed by atoms with Crippen molar-refractivity contribution < 1.29 is 4.74 Å². The van der Waals surface area contributed by atoms with Crippen molar-refractivity contribution in [2.75, 3.05) is 13.2 Å². The molecule has 19 heavy (non-hydrogen) atoms. The van der Waals surface area contributed by atoms with Crippen LogP contribution in [0, 0.1) is 5.92 Å². The van der Waals surface area contributed by atoms with E-state index in [-0.39, 0.29) is 5.41 Å². The Morgan fingerprint density at radius 1 is 1.32 bits per heavy atom. The molecule has 1 aromatic rings. The summed E-state index contributed by atoms with van der Waals surface area (Å²) in [6.45, 7) is 10.6. The van der Waals surface area contributed by atoms with E-state index in [0.717, 1.165) is 24.8 Å². The molecule has 106 valence electrons. The lowest BCUT2D eigenvalue weighted by atomic mass is 9.87. The highest BCUT2D eigenvalue weighted by atomic mass is 16.5. The number of rotatable bonds is 6. The van der Waals surface area contributed by atoms with Gasteiger partial charge in [-0.2, -0.15) is 0 Å². The summed E-state index contributed by atoms with van der Waals surface area (Å²) in [6.07, 6.45) is 2.78. The van der Waals surface area contributed by atoms with Gasteiger partial charge in [0.25, 0.3) is 0 Å². The summed E-state index contributed by atoms with van der Waals surface area (Å²) in [4.78, 5) is 0. The minimum atomic E-state index is 0.179. The van der Waals surface area contributed by atoms with Gasteiger partial charge < -0.3 is 10.1 Å². The van der Waals surface area contributed by atoms with Crippen molar-refractivity contribution >= 4 is 0 Å².